The average Bonchev–Trinajstić information content (AvgIpc) is 3.09. The number of rotatable bonds is 8. The lowest BCUT2D eigenvalue weighted by Gasteiger charge is -2.24. The SMILES string of the molecule is COC(=O)[C@H](Cc1ccc(NC(=O)c2c(Cl)cncc2Cl)cc1)NS(=O)(=O)N1CCCCCC1. The zero-order chi connectivity index (χ0) is 24.7. The fraction of sp³-hybridized carbons (Fsp3) is 0.409. The number of aromatic nitrogens is 1. The van der Waals surface area contributed by atoms with Gasteiger partial charge in [0.1, 0.15) is 6.04 Å². The number of nitrogens with zero attached hydrogens (tertiary/aromatic N) is 2. The molecule has 2 N–H and O–H groups in total. The Morgan fingerprint density at radius 1 is 1.06 bits per heavy atom. The second kappa shape index (κ2) is 11.9. The fourth-order valence-corrected chi connectivity index (χ4v) is 5.60. The molecule has 0 spiro atoms. The van der Waals surface area contributed by atoms with Crippen LogP contribution >= 0.6 is 23.2 Å². The number of hydrogen-bond acceptors (Lipinski definition) is 6. The summed E-state index contributed by atoms with van der Waals surface area (Å²) < 4.78 is 34.4. The highest BCUT2D eigenvalue weighted by Gasteiger charge is 2.30. The van der Waals surface area contributed by atoms with Gasteiger partial charge in [0.25, 0.3) is 16.1 Å². The van der Waals surface area contributed by atoms with Crippen molar-refractivity contribution in [1.29, 1.82) is 0 Å². The molecule has 0 saturated carbocycles. The minimum absolute atomic E-state index is 0.0793. The molecule has 0 aliphatic carbocycles. The van der Waals surface area contributed by atoms with E-state index < -0.39 is 28.1 Å². The molecule has 2 heterocycles. The van der Waals surface area contributed by atoms with Crippen LogP contribution in [-0.4, -0.2) is 55.8 Å². The van der Waals surface area contributed by atoms with Gasteiger partial charge >= 0.3 is 5.97 Å². The highest BCUT2D eigenvalue weighted by atomic mass is 35.5. The van der Waals surface area contributed by atoms with E-state index in [2.05, 4.69) is 15.0 Å². The van der Waals surface area contributed by atoms with E-state index in [9.17, 15) is 18.0 Å². The Bertz CT molecular complexity index is 1100. The van der Waals surface area contributed by atoms with Gasteiger partial charge in [0.05, 0.1) is 22.7 Å². The van der Waals surface area contributed by atoms with Crippen molar-refractivity contribution in [3.05, 3.63) is 57.8 Å². The van der Waals surface area contributed by atoms with E-state index in [1.807, 2.05) is 0 Å². The number of anilines is 1. The zero-order valence-electron chi connectivity index (χ0n) is 18.6. The van der Waals surface area contributed by atoms with Gasteiger partial charge in [0.2, 0.25) is 0 Å². The number of benzene rings is 1. The molecule has 34 heavy (non-hydrogen) atoms. The molecule has 1 aromatic carbocycles. The molecule has 0 unspecified atom stereocenters. The Morgan fingerprint density at radius 2 is 1.65 bits per heavy atom. The van der Waals surface area contributed by atoms with E-state index in [4.69, 9.17) is 27.9 Å². The Hall–Kier alpha value is -2.24. The summed E-state index contributed by atoms with van der Waals surface area (Å²) in [5.74, 6) is -1.18. The van der Waals surface area contributed by atoms with Crippen molar-refractivity contribution in [3.8, 4) is 0 Å². The molecule has 1 fully saturated rings. The first kappa shape index (κ1) is 26.4. The summed E-state index contributed by atoms with van der Waals surface area (Å²) in [7, 11) is -2.64. The van der Waals surface area contributed by atoms with Gasteiger partial charge in [-0.15, -0.1) is 0 Å². The molecule has 12 heteroatoms. The number of nitrogens with one attached hydrogen (secondary N) is 2. The van der Waals surface area contributed by atoms with Crippen LogP contribution in [0, 0.1) is 0 Å². The number of carbonyl (C=O) groups excluding carboxylic acids is 2. The molecule has 3 rings (SSSR count). The van der Waals surface area contributed by atoms with Gasteiger partial charge in [-0.2, -0.15) is 17.4 Å². The quantitative estimate of drug-likeness (QED) is 0.506. The Kier molecular flexibility index (Phi) is 9.26. The molecule has 9 nitrogen and oxygen atoms in total. The number of halogens is 2. The van der Waals surface area contributed by atoms with Crippen LogP contribution in [0.4, 0.5) is 5.69 Å². The molecule has 1 aliphatic rings. The summed E-state index contributed by atoms with van der Waals surface area (Å²) in [4.78, 5) is 28.7. The maximum absolute atomic E-state index is 12.9. The maximum atomic E-state index is 12.9. The Morgan fingerprint density at radius 3 is 2.21 bits per heavy atom. The summed E-state index contributed by atoms with van der Waals surface area (Å²) in [6, 6.07) is 5.54. The van der Waals surface area contributed by atoms with E-state index in [-0.39, 0.29) is 22.0 Å². The molecular weight excluding hydrogens is 503 g/mol. The van der Waals surface area contributed by atoms with E-state index in [1.54, 1.807) is 24.3 Å². The van der Waals surface area contributed by atoms with Gasteiger partial charge in [-0.1, -0.05) is 48.2 Å². The highest BCUT2D eigenvalue weighted by Crippen LogP contribution is 2.24. The third kappa shape index (κ3) is 6.89. The number of esters is 1. The Balaban J connectivity index is 1.69. The lowest BCUT2D eigenvalue weighted by molar-refractivity contribution is -0.142. The van der Waals surface area contributed by atoms with Gasteiger partial charge < -0.3 is 10.1 Å². The predicted octanol–water partition coefficient (Wildman–Crippen LogP) is 3.44. The summed E-state index contributed by atoms with van der Waals surface area (Å²) in [5, 5.41) is 2.94. The van der Waals surface area contributed by atoms with Crippen LogP contribution in [0.5, 0.6) is 0 Å². The number of amides is 1. The van der Waals surface area contributed by atoms with Gasteiger partial charge in [-0.05, 0) is 37.0 Å². The molecule has 1 atom stereocenters. The molecule has 0 bridgehead atoms. The number of methoxy groups -OCH3 is 1. The van der Waals surface area contributed by atoms with Crippen molar-refractivity contribution in [2.24, 2.45) is 0 Å². The van der Waals surface area contributed by atoms with E-state index in [0.29, 0.717) is 24.3 Å². The normalized spacial score (nSPS) is 15.9. The highest BCUT2D eigenvalue weighted by molar-refractivity contribution is 7.87. The summed E-state index contributed by atoms with van der Waals surface area (Å²) in [6.45, 7) is 0.840. The second-order valence-electron chi connectivity index (χ2n) is 7.85. The fourth-order valence-electron chi connectivity index (χ4n) is 3.63. The third-order valence-corrected chi connectivity index (χ3v) is 7.61. The van der Waals surface area contributed by atoms with Crippen molar-refractivity contribution >= 4 is 51.0 Å². The van der Waals surface area contributed by atoms with E-state index >= 15 is 0 Å². The third-order valence-electron chi connectivity index (χ3n) is 5.41. The number of carbonyl (C=O) groups is 2. The van der Waals surface area contributed by atoms with E-state index in [0.717, 1.165) is 25.7 Å². The lowest BCUT2D eigenvalue weighted by atomic mass is 10.1. The molecule has 1 aromatic heterocycles. The minimum Gasteiger partial charge on any atom is -0.468 e. The topological polar surface area (TPSA) is 118 Å². The molecule has 1 aliphatic heterocycles. The second-order valence-corrected chi connectivity index (χ2v) is 10.4. The van der Waals surface area contributed by atoms with Crippen molar-refractivity contribution in [2.75, 3.05) is 25.5 Å². The van der Waals surface area contributed by atoms with Crippen molar-refractivity contribution in [3.63, 3.8) is 0 Å². The van der Waals surface area contributed by atoms with Gasteiger partial charge in [0, 0.05) is 31.2 Å². The summed E-state index contributed by atoms with van der Waals surface area (Å²) in [6.07, 6.45) is 6.26. The predicted molar refractivity (Wildman–Crippen MR) is 130 cm³/mol. The van der Waals surface area contributed by atoms with Crippen LogP contribution < -0.4 is 10.0 Å². The first-order chi connectivity index (χ1) is 16.2. The molecule has 1 saturated heterocycles. The smallest absolute Gasteiger partial charge is 0.324 e. The summed E-state index contributed by atoms with van der Waals surface area (Å²) in [5.41, 5.74) is 1.25. The minimum atomic E-state index is -3.85. The molecular formula is C22H26Cl2N4O5S. The number of ether oxygens (including phenoxy) is 1. The van der Waals surface area contributed by atoms with Crippen molar-refractivity contribution in [2.45, 2.75) is 38.1 Å². The maximum Gasteiger partial charge on any atom is 0.324 e. The van der Waals surface area contributed by atoms with Gasteiger partial charge in [0.15, 0.2) is 0 Å². The largest absolute Gasteiger partial charge is 0.468 e. The van der Waals surface area contributed by atoms with Gasteiger partial charge in [-0.3, -0.25) is 14.6 Å². The van der Waals surface area contributed by atoms with Crippen molar-refractivity contribution in [1.82, 2.24) is 14.0 Å². The number of hydrogen-bond donors (Lipinski definition) is 2. The van der Waals surface area contributed by atoms with Crippen LogP contribution in [0.1, 0.15) is 41.6 Å². The molecule has 184 valence electrons. The Labute approximate surface area is 209 Å². The molecule has 0 radical (unpaired) electrons. The molecule has 2 aromatic rings. The van der Waals surface area contributed by atoms with Crippen LogP contribution in [-0.2, 0) is 26.2 Å². The van der Waals surface area contributed by atoms with Gasteiger partial charge in [-0.25, -0.2) is 0 Å². The first-order valence-corrected chi connectivity index (χ1v) is 13.0. The first-order valence-electron chi connectivity index (χ1n) is 10.8. The van der Waals surface area contributed by atoms with Crippen LogP contribution in [0.15, 0.2) is 36.7 Å². The monoisotopic (exact) mass is 528 g/mol. The van der Waals surface area contributed by atoms with E-state index in [1.165, 1.54) is 23.8 Å². The van der Waals surface area contributed by atoms with Crippen LogP contribution in [0.3, 0.4) is 0 Å². The standard InChI is InChI=1S/C22H26Cl2N4O5S/c1-33-22(30)19(27-34(31,32)28-10-4-2-3-5-11-28)12-15-6-8-16(9-7-15)26-21(29)20-17(23)13-25-14-18(20)24/h6-9,13-14,19,27H,2-5,10-12H2,1H3,(H,26,29)/t19-/m0/s1. The lowest BCUT2D eigenvalue weighted by Crippen LogP contribution is -2.49. The summed E-state index contributed by atoms with van der Waals surface area (Å²) >= 11 is 12.0. The van der Waals surface area contributed by atoms with Crippen LogP contribution in [0.25, 0.3) is 0 Å². The zero-order valence-corrected chi connectivity index (χ0v) is 20.9. The number of pyridine rings is 1. The van der Waals surface area contributed by atoms with Crippen molar-refractivity contribution < 1.29 is 22.7 Å². The van der Waals surface area contributed by atoms with Crippen LogP contribution in [0.2, 0.25) is 10.0 Å². The average molecular weight is 529 g/mol. The molecule has 1 amide bonds.